The van der Waals surface area contributed by atoms with Gasteiger partial charge in [-0.15, -0.1) is 24.0 Å². The third-order valence-corrected chi connectivity index (χ3v) is 4.91. The summed E-state index contributed by atoms with van der Waals surface area (Å²) in [5, 5.41) is 7.47. The van der Waals surface area contributed by atoms with Crippen molar-refractivity contribution in [1.82, 2.24) is 25.2 Å². The Balaban J connectivity index is 0.00000392. The lowest BCUT2D eigenvalue weighted by Gasteiger charge is -2.36. The molecule has 1 aromatic rings. The van der Waals surface area contributed by atoms with Crippen molar-refractivity contribution >= 4 is 29.9 Å². The number of rotatable bonds is 11. The van der Waals surface area contributed by atoms with Gasteiger partial charge in [-0.1, -0.05) is 24.4 Å². The lowest BCUT2D eigenvalue weighted by atomic mass is 10.1. The molecule has 0 spiro atoms. The zero-order valence-corrected chi connectivity index (χ0v) is 20.2. The van der Waals surface area contributed by atoms with Crippen LogP contribution in [0.3, 0.4) is 0 Å². The van der Waals surface area contributed by atoms with Gasteiger partial charge in [0.1, 0.15) is 6.26 Å². The molecule has 0 saturated carbocycles. The molecule has 0 aromatic carbocycles. The number of aromatic nitrogens is 1. The summed E-state index contributed by atoms with van der Waals surface area (Å²) in [6.07, 6.45) is 8.06. The number of guanidine groups is 1. The predicted octanol–water partition coefficient (Wildman–Crippen LogP) is 2.89. The molecule has 7 nitrogen and oxygen atoms in total. The predicted molar refractivity (Wildman–Crippen MR) is 126 cm³/mol. The first-order valence-electron chi connectivity index (χ1n) is 10.5. The second-order valence-corrected chi connectivity index (χ2v) is 7.56. The Kier molecular flexibility index (Phi) is 13.5. The van der Waals surface area contributed by atoms with Gasteiger partial charge in [-0.2, -0.15) is 0 Å². The van der Waals surface area contributed by atoms with Crippen molar-refractivity contribution in [2.75, 3.05) is 59.9 Å². The van der Waals surface area contributed by atoms with E-state index in [2.05, 4.69) is 46.2 Å². The van der Waals surface area contributed by atoms with Crippen LogP contribution in [0.2, 0.25) is 0 Å². The average molecular weight is 506 g/mol. The Morgan fingerprint density at radius 2 is 1.86 bits per heavy atom. The van der Waals surface area contributed by atoms with E-state index in [9.17, 15) is 0 Å². The van der Waals surface area contributed by atoms with Crippen molar-refractivity contribution in [3.05, 3.63) is 18.0 Å². The summed E-state index contributed by atoms with van der Waals surface area (Å²) in [5.41, 5.74) is 1.01. The smallest absolute Gasteiger partial charge is 0.194 e. The Bertz CT molecular complexity index is 515. The van der Waals surface area contributed by atoms with Crippen molar-refractivity contribution in [2.45, 2.75) is 45.6 Å². The first kappa shape index (κ1) is 25.2. The number of hydrogen-bond acceptors (Lipinski definition) is 5. The van der Waals surface area contributed by atoms with Gasteiger partial charge in [0.15, 0.2) is 5.96 Å². The molecule has 2 rings (SSSR count). The Morgan fingerprint density at radius 3 is 2.50 bits per heavy atom. The summed E-state index contributed by atoms with van der Waals surface area (Å²) >= 11 is 0. The van der Waals surface area contributed by atoms with Crippen LogP contribution >= 0.6 is 24.0 Å². The summed E-state index contributed by atoms with van der Waals surface area (Å²) < 4.78 is 4.93. The van der Waals surface area contributed by atoms with Crippen LogP contribution in [0, 0.1) is 0 Å². The van der Waals surface area contributed by atoms with Gasteiger partial charge in [-0.05, 0) is 40.4 Å². The first-order valence-corrected chi connectivity index (χ1v) is 10.5. The van der Waals surface area contributed by atoms with E-state index >= 15 is 0 Å². The first-order chi connectivity index (χ1) is 13.2. The van der Waals surface area contributed by atoms with Crippen molar-refractivity contribution in [3.63, 3.8) is 0 Å². The highest BCUT2D eigenvalue weighted by atomic mass is 127. The summed E-state index contributed by atoms with van der Waals surface area (Å²) in [7, 11) is 4.29. The minimum atomic E-state index is 0. The second-order valence-electron chi connectivity index (χ2n) is 7.56. The molecular formula is C20H39IN6O. The van der Waals surface area contributed by atoms with Crippen LogP contribution < -0.4 is 5.32 Å². The summed E-state index contributed by atoms with van der Waals surface area (Å²) in [4.78, 5) is 11.9. The minimum absolute atomic E-state index is 0. The standard InChI is InChI=1S/C20H38N6O.HI/c1-4-21-20(22-11-8-6-5-7-9-12-24(2)3)26-15-13-25(14-16-26)18-19-10-17-27-23-19;/h10,17H,4-9,11-16,18H2,1-3H3,(H,21,22);1H. The maximum atomic E-state index is 4.93. The van der Waals surface area contributed by atoms with E-state index < -0.39 is 0 Å². The molecule has 162 valence electrons. The molecule has 8 heteroatoms. The van der Waals surface area contributed by atoms with Crippen molar-refractivity contribution in [3.8, 4) is 0 Å². The Morgan fingerprint density at radius 1 is 1.14 bits per heavy atom. The number of piperazine rings is 1. The van der Waals surface area contributed by atoms with Crippen LogP contribution in [0.5, 0.6) is 0 Å². The highest BCUT2D eigenvalue weighted by Crippen LogP contribution is 2.08. The van der Waals surface area contributed by atoms with Crippen LogP contribution in [0.1, 0.15) is 44.7 Å². The third kappa shape index (κ3) is 10.1. The molecule has 1 aromatic heterocycles. The molecule has 2 heterocycles. The molecular weight excluding hydrogens is 467 g/mol. The summed E-state index contributed by atoms with van der Waals surface area (Å²) in [5.74, 6) is 1.08. The van der Waals surface area contributed by atoms with Crippen LogP contribution in [0.15, 0.2) is 21.8 Å². The van der Waals surface area contributed by atoms with Crippen LogP contribution in [-0.2, 0) is 6.54 Å². The number of unbranched alkanes of at least 4 members (excludes halogenated alkanes) is 4. The molecule has 0 aliphatic carbocycles. The summed E-state index contributed by atoms with van der Waals surface area (Å²) in [6.45, 7) is 10.1. The number of halogens is 1. The van der Waals surface area contributed by atoms with Crippen LogP contribution in [-0.4, -0.2) is 85.7 Å². The van der Waals surface area contributed by atoms with E-state index in [0.29, 0.717) is 0 Å². The molecule has 1 saturated heterocycles. The van der Waals surface area contributed by atoms with E-state index in [1.807, 2.05) is 6.07 Å². The lowest BCUT2D eigenvalue weighted by molar-refractivity contribution is 0.169. The van der Waals surface area contributed by atoms with Gasteiger partial charge in [0.2, 0.25) is 0 Å². The molecule has 1 aliphatic rings. The number of aliphatic imine (C=N–C) groups is 1. The third-order valence-electron chi connectivity index (χ3n) is 4.91. The molecule has 0 amide bonds. The highest BCUT2D eigenvalue weighted by Gasteiger charge is 2.20. The molecule has 0 unspecified atom stereocenters. The highest BCUT2D eigenvalue weighted by molar-refractivity contribution is 14.0. The monoisotopic (exact) mass is 506 g/mol. The topological polar surface area (TPSA) is 60.1 Å². The van der Waals surface area contributed by atoms with Gasteiger partial charge in [0.05, 0.1) is 5.69 Å². The summed E-state index contributed by atoms with van der Waals surface area (Å²) in [6, 6.07) is 1.94. The molecule has 0 atom stereocenters. The molecule has 1 aliphatic heterocycles. The van der Waals surface area contributed by atoms with E-state index in [-0.39, 0.29) is 24.0 Å². The van der Waals surface area contributed by atoms with Gasteiger partial charge in [-0.25, -0.2) is 0 Å². The fourth-order valence-electron chi connectivity index (χ4n) is 3.35. The Hall–Kier alpha value is -0.870. The van der Waals surface area contributed by atoms with Crippen molar-refractivity contribution in [2.24, 2.45) is 4.99 Å². The van der Waals surface area contributed by atoms with E-state index in [1.54, 1.807) is 6.26 Å². The molecule has 1 fully saturated rings. The van der Waals surface area contributed by atoms with E-state index in [4.69, 9.17) is 9.52 Å². The van der Waals surface area contributed by atoms with E-state index in [1.165, 1.54) is 38.6 Å². The zero-order valence-electron chi connectivity index (χ0n) is 17.9. The maximum Gasteiger partial charge on any atom is 0.194 e. The SMILES string of the molecule is CCNC(=NCCCCCCCN(C)C)N1CCN(Cc2ccon2)CC1.I. The average Bonchev–Trinajstić information content (AvgIpc) is 3.16. The minimum Gasteiger partial charge on any atom is -0.364 e. The molecule has 0 bridgehead atoms. The maximum absolute atomic E-state index is 4.93. The quantitative estimate of drug-likeness (QED) is 0.216. The fourth-order valence-corrected chi connectivity index (χ4v) is 3.35. The zero-order chi connectivity index (χ0) is 19.3. The van der Waals surface area contributed by atoms with Crippen LogP contribution in [0.25, 0.3) is 0 Å². The van der Waals surface area contributed by atoms with Gasteiger partial charge in [0.25, 0.3) is 0 Å². The number of nitrogens with one attached hydrogen (secondary N) is 1. The second kappa shape index (κ2) is 15.0. The normalized spacial score (nSPS) is 15.7. The number of nitrogens with zero attached hydrogens (tertiary/aromatic N) is 5. The van der Waals surface area contributed by atoms with Gasteiger partial charge >= 0.3 is 0 Å². The van der Waals surface area contributed by atoms with Crippen LogP contribution in [0.4, 0.5) is 0 Å². The van der Waals surface area contributed by atoms with Gasteiger partial charge in [0, 0.05) is 51.9 Å². The molecule has 0 radical (unpaired) electrons. The largest absolute Gasteiger partial charge is 0.364 e. The van der Waals surface area contributed by atoms with Gasteiger partial charge in [-0.3, -0.25) is 9.89 Å². The van der Waals surface area contributed by atoms with E-state index in [0.717, 1.165) is 57.5 Å². The number of hydrogen-bond donors (Lipinski definition) is 1. The van der Waals surface area contributed by atoms with Crippen molar-refractivity contribution in [1.29, 1.82) is 0 Å². The fraction of sp³-hybridized carbons (Fsp3) is 0.800. The van der Waals surface area contributed by atoms with Crippen molar-refractivity contribution < 1.29 is 4.52 Å². The Labute approximate surface area is 187 Å². The lowest BCUT2D eigenvalue weighted by Crippen LogP contribution is -2.52. The molecule has 1 N–H and O–H groups in total. The van der Waals surface area contributed by atoms with Gasteiger partial charge < -0.3 is 19.6 Å². The molecule has 28 heavy (non-hydrogen) atoms.